The zero-order chi connectivity index (χ0) is 20.2. The molecule has 0 saturated carbocycles. The van der Waals surface area contributed by atoms with Gasteiger partial charge < -0.3 is 15.7 Å². The van der Waals surface area contributed by atoms with Crippen molar-refractivity contribution in [3.63, 3.8) is 0 Å². The van der Waals surface area contributed by atoms with Gasteiger partial charge in [-0.15, -0.1) is 0 Å². The summed E-state index contributed by atoms with van der Waals surface area (Å²) in [7, 11) is 0. The maximum atomic E-state index is 13.9. The molecule has 1 aromatic carbocycles. The Bertz CT molecular complexity index is 793. The molecule has 0 aliphatic rings. The van der Waals surface area contributed by atoms with Gasteiger partial charge in [-0.2, -0.15) is 31.3 Å². The van der Waals surface area contributed by atoms with E-state index < -0.39 is 46.9 Å². The monoisotopic (exact) mass is 398 g/mol. The third kappa shape index (κ3) is 5.42. The number of alkyl halides is 6. The smallest absolute Gasteiger partial charge is 0.396 e. The van der Waals surface area contributed by atoms with E-state index in [2.05, 4.69) is 15.3 Å². The van der Waals surface area contributed by atoms with Crippen LogP contribution in [-0.4, -0.2) is 28.2 Å². The van der Waals surface area contributed by atoms with E-state index in [0.717, 1.165) is 12.1 Å². The van der Waals surface area contributed by atoms with Gasteiger partial charge in [-0.25, -0.2) is 9.37 Å². The fourth-order valence-electron chi connectivity index (χ4n) is 2.03. The summed E-state index contributed by atoms with van der Waals surface area (Å²) in [6.07, 6.45) is -9.67. The van der Waals surface area contributed by atoms with Crippen LogP contribution in [0.5, 0.6) is 0 Å². The Hall–Kier alpha value is -2.63. The number of benzene rings is 1. The molecule has 12 heteroatoms. The third-order valence-corrected chi connectivity index (χ3v) is 3.21. The van der Waals surface area contributed by atoms with Crippen molar-refractivity contribution in [2.75, 3.05) is 23.8 Å². The average molecular weight is 398 g/mol. The number of para-hydroxylation sites is 1. The SMILES string of the molecule is OCCCNc1nc(Nc2c(F)cccc2C(F)(F)F)cc(C(F)(F)F)n1. The van der Waals surface area contributed by atoms with Crippen LogP contribution in [0.4, 0.5) is 48.2 Å². The van der Waals surface area contributed by atoms with Gasteiger partial charge in [-0.3, -0.25) is 0 Å². The molecule has 0 atom stereocenters. The average Bonchev–Trinajstić information content (AvgIpc) is 2.55. The van der Waals surface area contributed by atoms with E-state index in [4.69, 9.17) is 5.11 Å². The fourth-order valence-corrected chi connectivity index (χ4v) is 2.03. The van der Waals surface area contributed by atoms with Crippen LogP contribution in [0.25, 0.3) is 0 Å². The second-order valence-corrected chi connectivity index (χ2v) is 5.25. The van der Waals surface area contributed by atoms with E-state index in [1.807, 2.05) is 5.32 Å². The van der Waals surface area contributed by atoms with Gasteiger partial charge in [0.05, 0.1) is 11.3 Å². The summed E-state index contributed by atoms with van der Waals surface area (Å²) in [6.45, 7) is -0.230. The van der Waals surface area contributed by atoms with Crippen LogP contribution in [0.1, 0.15) is 17.7 Å². The van der Waals surface area contributed by atoms with E-state index in [1.54, 1.807) is 0 Å². The fraction of sp³-hybridized carbons (Fsp3) is 0.333. The van der Waals surface area contributed by atoms with Crippen molar-refractivity contribution >= 4 is 17.5 Å². The van der Waals surface area contributed by atoms with Crippen molar-refractivity contribution in [3.8, 4) is 0 Å². The Labute approximate surface area is 148 Å². The van der Waals surface area contributed by atoms with Crippen LogP contribution in [-0.2, 0) is 12.4 Å². The molecule has 2 aromatic rings. The highest BCUT2D eigenvalue weighted by Gasteiger charge is 2.36. The largest absolute Gasteiger partial charge is 0.433 e. The number of nitrogens with zero attached hydrogens (tertiary/aromatic N) is 2. The predicted octanol–water partition coefficient (Wildman–Crippen LogP) is 4.19. The Morgan fingerprint density at radius 1 is 1.00 bits per heavy atom. The number of hydrogen-bond acceptors (Lipinski definition) is 5. The molecular weight excluding hydrogens is 385 g/mol. The second-order valence-electron chi connectivity index (χ2n) is 5.25. The Balaban J connectivity index is 2.45. The predicted molar refractivity (Wildman–Crippen MR) is 81.9 cm³/mol. The summed E-state index contributed by atoms with van der Waals surface area (Å²) in [5, 5.41) is 13.1. The van der Waals surface area contributed by atoms with Crippen LogP contribution in [0, 0.1) is 5.82 Å². The van der Waals surface area contributed by atoms with Crippen molar-refractivity contribution in [1.82, 2.24) is 9.97 Å². The lowest BCUT2D eigenvalue weighted by Gasteiger charge is -2.16. The van der Waals surface area contributed by atoms with E-state index >= 15 is 0 Å². The van der Waals surface area contributed by atoms with Gasteiger partial charge in [0.15, 0.2) is 5.69 Å². The minimum Gasteiger partial charge on any atom is -0.396 e. The lowest BCUT2D eigenvalue weighted by atomic mass is 10.1. The normalized spacial score (nSPS) is 12.1. The van der Waals surface area contributed by atoms with Gasteiger partial charge in [0.1, 0.15) is 11.6 Å². The summed E-state index contributed by atoms with van der Waals surface area (Å²) in [5.41, 5.74) is -3.89. The van der Waals surface area contributed by atoms with Crippen molar-refractivity contribution in [2.45, 2.75) is 18.8 Å². The molecule has 0 radical (unpaired) electrons. The molecule has 0 spiro atoms. The van der Waals surface area contributed by atoms with Gasteiger partial charge in [-0.1, -0.05) is 6.07 Å². The maximum absolute atomic E-state index is 13.9. The van der Waals surface area contributed by atoms with Crippen LogP contribution in [0.15, 0.2) is 24.3 Å². The molecule has 2 rings (SSSR count). The minimum atomic E-state index is -4.94. The van der Waals surface area contributed by atoms with Crippen molar-refractivity contribution in [1.29, 1.82) is 0 Å². The summed E-state index contributed by atoms with van der Waals surface area (Å²) >= 11 is 0. The number of nitrogens with one attached hydrogen (secondary N) is 2. The summed E-state index contributed by atoms with van der Waals surface area (Å²) in [6, 6.07) is 2.50. The highest BCUT2D eigenvalue weighted by molar-refractivity contribution is 5.63. The van der Waals surface area contributed by atoms with Gasteiger partial charge in [-0.05, 0) is 18.6 Å². The van der Waals surface area contributed by atoms with Crippen LogP contribution in [0.3, 0.4) is 0 Å². The molecule has 0 bridgehead atoms. The number of aromatic nitrogens is 2. The number of rotatable bonds is 6. The number of aliphatic hydroxyl groups is 1. The highest BCUT2D eigenvalue weighted by atomic mass is 19.4. The molecule has 5 nitrogen and oxygen atoms in total. The van der Waals surface area contributed by atoms with Gasteiger partial charge in [0, 0.05) is 19.2 Å². The Morgan fingerprint density at radius 3 is 2.30 bits per heavy atom. The van der Waals surface area contributed by atoms with Crippen molar-refractivity contribution in [2.24, 2.45) is 0 Å². The third-order valence-electron chi connectivity index (χ3n) is 3.21. The first-order valence-corrected chi connectivity index (χ1v) is 7.46. The van der Waals surface area contributed by atoms with E-state index in [1.165, 1.54) is 0 Å². The van der Waals surface area contributed by atoms with Crippen LogP contribution < -0.4 is 10.6 Å². The van der Waals surface area contributed by atoms with Crippen molar-refractivity contribution < 1.29 is 35.8 Å². The number of hydrogen-bond donors (Lipinski definition) is 3. The molecule has 0 aliphatic carbocycles. The van der Waals surface area contributed by atoms with E-state index in [9.17, 15) is 30.7 Å². The number of anilines is 3. The molecule has 0 fully saturated rings. The molecule has 0 amide bonds. The highest BCUT2D eigenvalue weighted by Crippen LogP contribution is 2.38. The molecule has 0 aliphatic heterocycles. The molecule has 3 N–H and O–H groups in total. The first-order chi connectivity index (χ1) is 12.5. The first kappa shape index (κ1) is 20.7. The molecular formula is C15H13F7N4O. The number of halogens is 7. The zero-order valence-electron chi connectivity index (χ0n) is 13.4. The van der Waals surface area contributed by atoms with Crippen LogP contribution >= 0.6 is 0 Å². The topological polar surface area (TPSA) is 70.1 Å². The summed E-state index contributed by atoms with van der Waals surface area (Å²) in [5.74, 6) is -2.53. The van der Waals surface area contributed by atoms with E-state index in [0.29, 0.717) is 12.1 Å². The molecule has 1 heterocycles. The van der Waals surface area contributed by atoms with Gasteiger partial charge in [0.25, 0.3) is 0 Å². The minimum absolute atomic E-state index is 0.0186. The summed E-state index contributed by atoms with van der Waals surface area (Å²) in [4.78, 5) is 6.86. The number of aliphatic hydroxyl groups excluding tert-OH is 1. The lowest BCUT2D eigenvalue weighted by Crippen LogP contribution is -2.15. The molecule has 0 saturated heterocycles. The standard InChI is InChI=1S/C15H13F7N4O/c16-9-4-1-3-8(14(17,18)19)12(9)25-11-7-10(15(20,21)22)24-13(26-11)23-5-2-6-27/h1,3-4,7,27H,2,5-6H2,(H2,23,24,25,26). The Kier molecular flexibility index (Phi) is 6.08. The molecule has 0 unspecified atom stereocenters. The first-order valence-electron chi connectivity index (χ1n) is 7.46. The van der Waals surface area contributed by atoms with E-state index in [-0.39, 0.29) is 19.6 Å². The zero-order valence-corrected chi connectivity index (χ0v) is 13.4. The molecule has 27 heavy (non-hydrogen) atoms. The second kappa shape index (κ2) is 7.94. The summed E-state index contributed by atoms with van der Waals surface area (Å²) < 4.78 is 91.9. The molecule has 1 aromatic heterocycles. The Morgan fingerprint density at radius 2 is 1.70 bits per heavy atom. The quantitative estimate of drug-likeness (QED) is 0.503. The maximum Gasteiger partial charge on any atom is 0.433 e. The molecule has 148 valence electrons. The van der Waals surface area contributed by atoms with Gasteiger partial charge >= 0.3 is 12.4 Å². The van der Waals surface area contributed by atoms with Crippen molar-refractivity contribution in [3.05, 3.63) is 41.3 Å². The van der Waals surface area contributed by atoms with Gasteiger partial charge in [0.2, 0.25) is 5.95 Å². The van der Waals surface area contributed by atoms with Crippen LogP contribution in [0.2, 0.25) is 0 Å². The lowest BCUT2D eigenvalue weighted by molar-refractivity contribution is -0.141.